The van der Waals surface area contributed by atoms with Crippen molar-refractivity contribution in [2.45, 2.75) is 75.3 Å². The molecule has 2 N–H and O–H groups in total. The first-order valence-electron chi connectivity index (χ1n) is 11.1. The second kappa shape index (κ2) is 8.64. The average Bonchev–Trinajstić information content (AvgIpc) is 2.75. The van der Waals surface area contributed by atoms with Crippen LogP contribution in [0, 0.1) is 0 Å². The van der Waals surface area contributed by atoms with Crippen LogP contribution in [0.1, 0.15) is 69.3 Å². The van der Waals surface area contributed by atoms with Gasteiger partial charge in [-0.2, -0.15) is 0 Å². The monoisotopic (exact) mass is 399 g/mol. The van der Waals surface area contributed by atoms with E-state index in [1.807, 2.05) is 23.1 Å². The fourth-order valence-electron chi connectivity index (χ4n) is 5.19. The van der Waals surface area contributed by atoms with Gasteiger partial charge in [-0.15, -0.1) is 0 Å². The molecule has 1 aliphatic carbocycles. The third-order valence-corrected chi connectivity index (χ3v) is 6.91. The molecular formula is C23H33N3O3. The van der Waals surface area contributed by atoms with Crippen LogP contribution >= 0.6 is 0 Å². The van der Waals surface area contributed by atoms with Crippen LogP contribution in [0.15, 0.2) is 24.3 Å². The van der Waals surface area contributed by atoms with Gasteiger partial charge in [0.15, 0.2) is 0 Å². The molecule has 1 aromatic carbocycles. The van der Waals surface area contributed by atoms with Crippen molar-refractivity contribution in [1.29, 1.82) is 0 Å². The number of carbonyl (C=O) groups excluding carboxylic acids is 2. The SMILES string of the molecule is CNC(=O)C[C@@H]1CC2(CCN(C(=O)NC3CCCCC3)CC2)Oc2ccccc21. The Hall–Kier alpha value is -2.24. The summed E-state index contributed by atoms with van der Waals surface area (Å²) >= 11 is 0. The topological polar surface area (TPSA) is 70.7 Å². The molecule has 1 atom stereocenters. The molecule has 0 bridgehead atoms. The van der Waals surface area contributed by atoms with E-state index in [1.165, 1.54) is 19.3 Å². The third-order valence-electron chi connectivity index (χ3n) is 6.91. The lowest BCUT2D eigenvalue weighted by molar-refractivity contribution is -0.121. The van der Waals surface area contributed by atoms with Gasteiger partial charge in [0.1, 0.15) is 11.4 Å². The average molecular weight is 400 g/mol. The number of hydrogen-bond donors (Lipinski definition) is 2. The summed E-state index contributed by atoms with van der Waals surface area (Å²) in [4.78, 5) is 26.7. The van der Waals surface area contributed by atoms with Crippen molar-refractivity contribution in [3.63, 3.8) is 0 Å². The quantitative estimate of drug-likeness (QED) is 0.816. The number of nitrogens with zero attached hydrogens (tertiary/aromatic N) is 1. The Balaban J connectivity index is 1.40. The van der Waals surface area contributed by atoms with Crippen LogP contribution in [0.2, 0.25) is 0 Å². The van der Waals surface area contributed by atoms with Gasteiger partial charge >= 0.3 is 6.03 Å². The van der Waals surface area contributed by atoms with E-state index in [0.29, 0.717) is 25.6 Å². The summed E-state index contributed by atoms with van der Waals surface area (Å²) < 4.78 is 6.49. The molecule has 3 amide bonds. The number of benzene rings is 1. The molecule has 158 valence electrons. The highest BCUT2D eigenvalue weighted by Crippen LogP contribution is 2.46. The Morgan fingerprint density at radius 2 is 1.86 bits per heavy atom. The molecule has 4 rings (SSSR count). The fraction of sp³-hybridized carbons (Fsp3) is 0.652. The minimum atomic E-state index is -0.283. The highest BCUT2D eigenvalue weighted by atomic mass is 16.5. The molecule has 3 aliphatic rings. The number of carbonyl (C=O) groups is 2. The summed E-state index contributed by atoms with van der Waals surface area (Å²) in [7, 11) is 1.69. The minimum Gasteiger partial charge on any atom is -0.487 e. The molecule has 0 aromatic heterocycles. The summed E-state index contributed by atoms with van der Waals surface area (Å²) in [5, 5.41) is 5.99. The molecule has 2 aliphatic heterocycles. The highest BCUT2D eigenvalue weighted by molar-refractivity contribution is 5.77. The largest absolute Gasteiger partial charge is 0.487 e. The number of amides is 3. The summed E-state index contributed by atoms with van der Waals surface area (Å²) in [5.41, 5.74) is 0.841. The first-order valence-corrected chi connectivity index (χ1v) is 11.1. The Bertz CT molecular complexity index is 737. The Morgan fingerprint density at radius 1 is 1.14 bits per heavy atom. The van der Waals surface area contributed by atoms with Gasteiger partial charge in [-0.05, 0) is 30.9 Å². The smallest absolute Gasteiger partial charge is 0.317 e. The van der Waals surface area contributed by atoms with Crippen molar-refractivity contribution < 1.29 is 14.3 Å². The first-order chi connectivity index (χ1) is 14.1. The van der Waals surface area contributed by atoms with Crippen LogP contribution in [0.25, 0.3) is 0 Å². The molecule has 2 heterocycles. The van der Waals surface area contributed by atoms with Crippen molar-refractivity contribution >= 4 is 11.9 Å². The molecule has 6 nitrogen and oxygen atoms in total. The molecule has 1 aromatic rings. The number of nitrogens with one attached hydrogen (secondary N) is 2. The van der Waals surface area contributed by atoms with E-state index < -0.39 is 0 Å². The van der Waals surface area contributed by atoms with Gasteiger partial charge in [0.05, 0.1) is 0 Å². The van der Waals surface area contributed by atoms with Gasteiger partial charge in [0.25, 0.3) is 0 Å². The molecule has 1 spiro atoms. The van der Waals surface area contributed by atoms with Crippen molar-refractivity contribution in [2.24, 2.45) is 0 Å². The molecule has 6 heteroatoms. The van der Waals surface area contributed by atoms with E-state index in [-0.39, 0.29) is 23.5 Å². The summed E-state index contributed by atoms with van der Waals surface area (Å²) in [6.45, 7) is 1.40. The van der Waals surface area contributed by atoms with Crippen molar-refractivity contribution in [3.8, 4) is 5.75 Å². The van der Waals surface area contributed by atoms with E-state index in [4.69, 9.17) is 4.74 Å². The van der Waals surface area contributed by atoms with Crippen LogP contribution in [0.5, 0.6) is 5.75 Å². The number of likely N-dealkylation sites (tertiary alicyclic amines) is 1. The molecular weight excluding hydrogens is 366 g/mol. The lowest BCUT2D eigenvalue weighted by atomic mass is 9.76. The van der Waals surface area contributed by atoms with Crippen LogP contribution in [0.4, 0.5) is 4.79 Å². The number of para-hydroxylation sites is 1. The minimum absolute atomic E-state index is 0.0612. The summed E-state index contributed by atoms with van der Waals surface area (Å²) in [6, 6.07) is 8.49. The lowest BCUT2D eigenvalue weighted by Crippen LogP contribution is -2.55. The second-order valence-corrected chi connectivity index (χ2v) is 8.87. The Labute approximate surface area is 173 Å². The zero-order chi connectivity index (χ0) is 20.3. The van der Waals surface area contributed by atoms with Crippen LogP contribution in [-0.2, 0) is 4.79 Å². The lowest BCUT2D eigenvalue weighted by Gasteiger charge is -2.47. The van der Waals surface area contributed by atoms with Crippen LogP contribution < -0.4 is 15.4 Å². The zero-order valence-corrected chi connectivity index (χ0v) is 17.4. The maximum absolute atomic E-state index is 12.7. The van der Waals surface area contributed by atoms with Gasteiger partial charge in [-0.25, -0.2) is 4.79 Å². The molecule has 1 saturated carbocycles. The number of ether oxygens (including phenoxy) is 1. The molecule has 2 fully saturated rings. The Kier molecular flexibility index (Phi) is 5.97. The van der Waals surface area contributed by atoms with Crippen molar-refractivity contribution in [2.75, 3.05) is 20.1 Å². The van der Waals surface area contributed by atoms with E-state index >= 15 is 0 Å². The molecule has 0 radical (unpaired) electrons. The molecule has 1 saturated heterocycles. The van der Waals surface area contributed by atoms with Gasteiger partial charge in [-0.1, -0.05) is 37.5 Å². The van der Waals surface area contributed by atoms with Crippen LogP contribution in [0.3, 0.4) is 0 Å². The fourth-order valence-corrected chi connectivity index (χ4v) is 5.19. The second-order valence-electron chi connectivity index (χ2n) is 8.87. The van der Waals surface area contributed by atoms with E-state index in [2.05, 4.69) is 16.7 Å². The standard InChI is InChI=1S/C23H33N3O3/c1-24-21(27)15-17-16-23(29-20-10-6-5-9-19(17)20)11-13-26(14-12-23)22(28)25-18-7-3-2-4-8-18/h5-6,9-10,17-18H,2-4,7-8,11-16H2,1H3,(H,24,27)(H,25,28)/t17-/m1/s1. The number of piperidine rings is 1. The van der Waals surface area contributed by atoms with Crippen molar-refractivity contribution in [1.82, 2.24) is 15.5 Å². The summed E-state index contributed by atoms with van der Waals surface area (Å²) in [5.74, 6) is 1.11. The van der Waals surface area contributed by atoms with E-state index in [0.717, 1.165) is 43.4 Å². The van der Waals surface area contributed by atoms with Gasteiger partial charge < -0.3 is 20.3 Å². The van der Waals surface area contributed by atoms with Gasteiger partial charge in [0.2, 0.25) is 5.91 Å². The van der Waals surface area contributed by atoms with Crippen molar-refractivity contribution in [3.05, 3.63) is 29.8 Å². The van der Waals surface area contributed by atoms with Gasteiger partial charge in [-0.3, -0.25) is 4.79 Å². The normalized spacial score (nSPS) is 23.8. The number of fused-ring (bicyclic) bond motifs is 1. The predicted molar refractivity (Wildman–Crippen MR) is 112 cm³/mol. The maximum atomic E-state index is 12.7. The number of hydrogen-bond acceptors (Lipinski definition) is 3. The number of urea groups is 1. The zero-order valence-electron chi connectivity index (χ0n) is 17.4. The number of rotatable bonds is 3. The van der Waals surface area contributed by atoms with E-state index in [1.54, 1.807) is 7.05 Å². The van der Waals surface area contributed by atoms with Crippen LogP contribution in [-0.4, -0.2) is 48.6 Å². The summed E-state index contributed by atoms with van der Waals surface area (Å²) in [6.07, 6.45) is 8.85. The maximum Gasteiger partial charge on any atom is 0.317 e. The molecule has 0 unspecified atom stereocenters. The van der Waals surface area contributed by atoms with E-state index in [9.17, 15) is 9.59 Å². The molecule has 29 heavy (non-hydrogen) atoms. The highest BCUT2D eigenvalue weighted by Gasteiger charge is 2.44. The third kappa shape index (κ3) is 4.51. The predicted octanol–water partition coefficient (Wildman–Crippen LogP) is 3.57. The van der Waals surface area contributed by atoms with Gasteiger partial charge in [0, 0.05) is 51.4 Å². The Morgan fingerprint density at radius 3 is 2.59 bits per heavy atom. The first kappa shape index (κ1) is 20.0.